The van der Waals surface area contributed by atoms with E-state index in [2.05, 4.69) is 5.32 Å². The molecular formula is C31H24F6N2O. The lowest BCUT2D eigenvalue weighted by Gasteiger charge is -2.30. The molecule has 1 amide bonds. The van der Waals surface area contributed by atoms with Gasteiger partial charge < -0.3 is 5.32 Å². The van der Waals surface area contributed by atoms with Crippen molar-refractivity contribution in [3.63, 3.8) is 0 Å². The van der Waals surface area contributed by atoms with E-state index in [9.17, 15) is 31.1 Å². The standard InChI is InChI=1S/C31H24F6N2O/c32-30(33,34)26-11-5-4-9-23(26)19-39-16-15-21-17-24(14-13-22(21)18-39)38-29(40)28-25(20-7-2-1-3-8-20)10-6-12-27(28)31(35,36)37/h1-14,17H,15-16,18-19H2,(H,38,40). The van der Waals surface area contributed by atoms with Crippen LogP contribution in [0.5, 0.6) is 0 Å². The van der Waals surface area contributed by atoms with Crippen molar-refractivity contribution in [1.29, 1.82) is 0 Å². The number of carbonyl (C=O) groups excluding carboxylic acids is 1. The monoisotopic (exact) mass is 554 g/mol. The number of nitrogens with one attached hydrogen (secondary N) is 1. The van der Waals surface area contributed by atoms with Crippen LogP contribution in [0.15, 0.2) is 91.0 Å². The maximum Gasteiger partial charge on any atom is 0.417 e. The molecule has 0 aliphatic carbocycles. The summed E-state index contributed by atoms with van der Waals surface area (Å²) >= 11 is 0. The minimum absolute atomic E-state index is 0.129. The van der Waals surface area contributed by atoms with Gasteiger partial charge in [0.1, 0.15) is 0 Å². The number of anilines is 1. The van der Waals surface area contributed by atoms with Gasteiger partial charge in [-0.3, -0.25) is 9.69 Å². The Morgan fingerprint density at radius 2 is 1.43 bits per heavy atom. The lowest BCUT2D eigenvalue weighted by atomic mass is 9.94. The van der Waals surface area contributed by atoms with E-state index in [0.717, 1.165) is 23.3 Å². The maximum absolute atomic E-state index is 13.9. The average molecular weight is 555 g/mol. The Balaban J connectivity index is 1.37. The molecule has 206 valence electrons. The number of amides is 1. The SMILES string of the molecule is O=C(Nc1ccc2c(c1)CCN(Cc1ccccc1C(F)(F)F)C2)c1c(-c2ccccc2)cccc1C(F)(F)F. The van der Waals surface area contributed by atoms with Gasteiger partial charge >= 0.3 is 12.4 Å². The van der Waals surface area contributed by atoms with Crippen molar-refractivity contribution in [2.24, 2.45) is 0 Å². The van der Waals surface area contributed by atoms with Gasteiger partial charge in [-0.25, -0.2) is 0 Å². The van der Waals surface area contributed by atoms with E-state index in [1.165, 1.54) is 24.3 Å². The summed E-state index contributed by atoms with van der Waals surface area (Å²) in [5, 5.41) is 2.63. The summed E-state index contributed by atoms with van der Waals surface area (Å²) in [6, 6.07) is 22.6. The second kappa shape index (κ2) is 10.8. The van der Waals surface area contributed by atoms with E-state index >= 15 is 0 Å². The predicted molar refractivity (Wildman–Crippen MR) is 141 cm³/mol. The Labute approximate surface area is 227 Å². The number of carbonyl (C=O) groups is 1. The number of rotatable bonds is 5. The van der Waals surface area contributed by atoms with Crippen molar-refractivity contribution >= 4 is 11.6 Å². The zero-order valence-electron chi connectivity index (χ0n) is 21.1. The molecule has 3 nitrogen and oxygen atoms in total. The highest BCUT2D eigenvalue weighted by molar-refractivity contribution is 6.10. The molecule has 0 saturated heterocycles. The first-order chi connectivity index (χ1) is 19.0. The Bertz CT molecular complexity index is 1530. The highest BCUT2D eigenvalue weighted by Crippen LogP contribution is 2.38. The first-order valence-electron chi connectivity index (χ1n) is 12.6. The van der Waals surface area contributed by atoms with Crippen molar-refractivity contribution in [2.45, 2.75) is 31.9 Å². The molecule has 1 heterocycles. The van der Waals surface area contributed by atoms with Crippen LogP contribution in [-0.4, -0.2) is 17.4 Å². The first kappa shape index (κ1) is 27.5. The Kier molecular flexibility index (Phi) is 7.42. The normalized spacial score (nSPS) is 14.1. The third kappa shape index (κ3) is 5.89. The van der Waals surface area contributed by atoms with Crippen molar-refractivity contribution < 1.29 is 31.1 Å². The summed E-state index contributed by atoms with van der Waals surface area (Å²) in [6.07, 6.45) is -8.66. The molecule has 0 atom stereocenters. The molecule has 1 aliphatic heterocycles. The smallest absolute Gasteiger partial charge is 0.322 e. The minimum Gasteiger partial charge on any atom is -0.322 e. The van der Waals surface area contributed by atoms with Crippen molar-refractivity contribution in [1.82, 2.24) is 4.90 Å². The molecule has 1 aliphatic rings. The van der Waals surface area contributed by atoms with E-state index in [4.69, 9.17) is 0 Å². The fraction of sp³-hybridized carbons (Fsp3) is 0.194. The van der Waals surface area contributed by atoms with Crippen LogP contribution in [-0.2, 0) is 31.9 Å². The summed E-state index contributed by atoms with van der Waals surface area (Å²) in [5.41, 5.74) is 0.799. The number of halogens is 6. The molecule has 1 N–H and O–H groups in total. The van der Waals surface area contributed by atoms with Gasteiger partial charge in [-0.15, -0.1) is 0 Å². The second-order valence-corrected chi connectivity index (χ2v) is 9.65. The lowest BCUT2D eigenvalue weighted by molar-refractivity contribution is -0.139. The predicted octanol–water partition coefficient (Wildman–Crippen LogP) is 8.20. The van der Waals surface area contributed by atoms with Gasteiger partial charge in [0.05, 0.1) is 16.7 Å². The van der Waals surface area contributed by atoms with Gasteiger partial charge in [-0.1, -0.05) is 66.7 Å². The van der Waals surface area contributed by atoms with Crippen LogP contribution in [0.4, 0.5) is 32.0 Å². The second-order valence-electron chi connectivity index (χ2n) is 9.65. The van der Waals surface area contributed by atoms with Gasteiger partial charge in [0.25, 0.3) is 5.91 Å². The first-order valence-corrected chi connectivity index (χ1v) is 12.6. The van der Waals surface area contributed by atoms with Gasteiger partial charge in [-0.2, -0.15) is 26.3 Å². The fourth-order valence-corrected chi connectivity index (χ4v) is 5.08. The summed E-state index contributed by atoms with van der Waals surface area (Å²) in [5.74, 6) is -0.882. The van der Waals surface area contributed by atoms with Gasteiger partial charge in [0, 0.05) is 25.3 Å². The van der Waals surface area contributed by atoms with Crippen LogP contribution in [0, 0.1) is 0 Å². The average Bonchev–Trinajstić information content (AvgIpc) is 2.92. The molecular weight excluding hydrogens is 530 g/mol. The lowest BCUT2D eigenvalue weighted by Crippen LogP contribution is -2.31. The molecule has 9 heteroatoms. The number of alkyl halides is 6. The summed E-state index contributed by atoms with van der Waals surface area (Å²) in [4.78, 5) is 15.2. The summed E-state index contributed by atoms with van der Waals surface area (Å²) < 4.78 is 81.9. The highest BCUT2D eigenvalue weighted by atomic mass is 19.4. The van der Waals surface area contributed by atoms with Crippen molar-refractivity contribution in [2.75, 3.05) is 11.9 Å². The molecule has 0 radical (unpaired) electrons. The topological polar surface area (TPSA) is 32.3 Å². The maximum atomic E-state index is 13.9. The van der Waals surface area contributed by atoms with E-state index in [-0.39, 0.29) is 17.7 Å². The number of benzene rings is 4. The molecule has 4 aromatic rings. The van der Waals surface area contributed by atoms with Crippen LogP contribution in [0.25, 0.3) is 11.1 Å². The van der Waals surface area contributed by atoms with E-state index in [0.29, 0.717) is 30.8 Å². The third-order valence-electron chi connectivity index (χ3n) is 6.95. The van der Waals surface area contributed by atoms with E-state index in [1.54, 1.807) is 54.6 Å². The van der Waals surface area contributed by atoms with E-state index in [1.807, 2.05) is 4.90 Å². The quantitative estimate of drug-likeness (QED) is 0.252. The summed E-state index contributed by atoms with van der Waals surface area (Å²) in [6.45, 7) is 1.03. The van der Waals surface area contributed by atoms with Crippen LogP contribution < -0.4 is 5.32 Å². The Morgan fingerprint density at radius 1 is 0.750 bits per heavy atom. The molecule has 0 fully saturated rings. The molecule has 40 heavy (non-hydrogen) atoms. The highest BCUT2D eigenvalue weighted by Gasteiger charge is 2.37. The molecule has 4 aromatic carbocycles. The molecule has 0 aromatic heterocycles. The number of fused-ring (bicyclic) bond motifs is 1. The van der Waals surface area contributed by atoms with Crippen LogP contribution in [0.1, 0.15) is 38.2 Å². The van der Waals surface area contributed by atoms with Crippen molar-refractivity contribution in [3.8, 4) is 11.1 Å². The van der Waals surface area contributed by atoms with Gasteiger partial charge in [0.15, 0.2) is 0 Å². The molecule has 0 bridgehead atoms. The third-order valence-corrected chi connectivity index (χ3v) is 6.95. The molecule has 0 spiro atoms. The molecule has 5 rings (SSSR count). The van der Waals surface area contributed by atoms with Crippen LogP contribution in [0.2, 0.25) is 0 Å². The number of hydrogen-bond acceptors (Lipinski definition) is 2. The fourth-order valence-electron chi connectivity index (χ4n) is 5.08. The molecule has 0 unspecified atom stereocenters. The Hall–Kier alpha value is -4.11. The van der Waals surface area contributed by atoms with Crippen molar-refractivity contribution in [3.05, 3.63) is 124 Å². The Morgan fingerprint density at radius 3 is 2.15 bits per heavy atom. The molecule has 0 saturated carbocycles. The van der Waals surface area contributed by atoms with Crippen LogP contribution >= 0.6 is 0 Å². The summed E-state index contributed by atoms with van der Waals surface area (Å²) in [7, 11) is 0. The van der Waals surface area contributed by atoms with E-state index < -0.39 is 35.0 Å². The zero-order valence-corrected chi connectivity index (χ0v) is 21.1. The van der Waals surface area contributed by atoms with Gasteiger partial charge in [-0.05, 0) is 58.5 Å². The van der Waals surface area contributed by atoms with Gasteiger partial charge in [0.2, 0.25) is 0 Å². The van der Waals surface area contributed by atoms with Crippen LogP contribution in [0.3, 0.4) is 0 Å². The largest absolute Gasteiger partial charge is 0.417 e. The number of nitrogens with zero attached hydrogens (tertiary/aromatic N) is 1. The zero-order chi connectivity index (χ0) is 28.5. The minimum atomic E-state index is -4.73. The number of hydrogen-bond donors (Lipinski definition) is 1.